The first-order chi connectivity index (χ1) is 9.31. The van der Waals surface area contributed by atoms with E-state index in [0.29, 0.717) is 6.42 Å². The van der Waals surface area contributed by atoms with Gasteiger partial charge in [0.2, 0.25) is 0 Å². The molecule has 0 aromatic carbocycles. The molecule has 114 valence electrons. The first kappa shape index (κ1) is 19.0. The fourth-order valence-corrected chi connectivity index (χ4v) is 2.52. The third-order valence-electron chi connectivity index (χ3n) is 3.59. The first-order valence-corrected chi connectivity index (χ1v) is 8.92. The summed E-state index contributed by atoms with van der Waals surface area (Å²) in [6, 6.07) is 0. The van der Waals surface area contributed by atoms with Crippen LogP contribution in [0.25, 0.3) is 0 Å². The van der Waals surface area contributed by atoms with E-state index < -0.39 is 0 Å². The average Bonchev–Trinajstić information content (AvgIpc) is 2.43. The molecule has 0 spiro atoms. The van der Waals surface area contributed by atoms with Crippen LogP contribution in [-0.4, -0.2) is 22.3 Å². The molecule has 0 saturated heterocycles. The number of carbonyl (C=O) groups is 1. The van der Waals surface area contributed by atoms with Gasteiger partial charge in [-0.2, -0.15) is 0 Å². The second-order valence-electron chi connectivity index (χ2n) is 5.46. The summed E-state index contributed by atoms with van der Waals surface area (Å²) in [4.78, 5) is 10.9. The van der Waals surface area contributed by atoms with E-state index in [-0.39, 0.29) is 5.97 Å². The first-order valence-electron chi connectivity index (χ1n) is 8.15. The Morgan fingerprint density at radius 1 is 0.737 bits per heavy atom. The molecule has 0 amide bonds. The molecule has 0 atom stereocenters. The summed E-state index contributed by atoms with van der Waals surface area (Å²) in [6.45, 7) is 2.27. The summed E-state index contributed by atoms with van der Waals surface area (Å²) < 4.78 is 4.56. The van der Waals surface area contributed by atoms with E-state index in [0.717, 1.165) is 6.42 Å². The number of hydrogen-bond acceptors (Lipinski definition) is 2. The van der Waals surface area contributed by atoms with Gasteiger partial charge >= 0.3 is 95.1 Å². The molecule has 0 aliphatic rings. The number of carbonyl (C=O) groups excluding carboxylic acids is 1. The predicted molar refractivity (Wildman–Crippen MR) is 83.6 cm³/mol. The molecule has 0 N–H and O–H groups in total. The van der Waals surface area contributed by atoms with E-state index >= 15 is 0 Å². The van der Waals surface area contributed by atoms with Crippen molar-refractivity contribution in [2.75, 3.05) is 0 Å². The Morgan fingerprint density at radius 3 is 1.47 bits per heavy atom. The van der Waals surface area contributed by atoms with Crippen molar-refractivity contribution in [3.05, 3.63) is 0 Å². The Balaban J connectivity index is 2.97. The van der Waals surface area contributed by atoms with Crippen LogP contribution >= 0.6 is 0 Å². The van der Waals surface area contributed by atoms with Gasteiger partial charge in [-0.25, -0.2) is 0 Å². The molecule has 0 rings (SSSR count). The van der Waals surface area contributed by atoms with Crippen LogP contribution in [0.15, 0.2) is 0 Å². The molecule has 0 heterocycles. The van der Waals surface area contributed by atoms with Crippen molar-refractivity contribution in [3.8, 4) is 0 Å². The normalized spacial score (nSPS) is 10.6. The SMILES string of the molecule is CCCCCCCCCCCCCCCC(=O)O[SeH]. The maximum atomic E-state index is 10.9. The van der Waals surface area contributed by atoms with Crippen LogP contribution in [-0.2, 0) is 8.61 Å². The van der Waals surface area contributed by atoms with Crippen LogP contribution in [0.2, 0.25) is 0 Å². The van der Waals surface area contributed by atoms with Crippen LogP contribution in [0.3, 0.4) is 0 Å². The van der Waals surface area contributed by atoms with Gasteiger partial charge in [0.25, 0.3) is 0 Å². The Bertz CT molecular complexity index is 195. The minimum absolute atomic E-state index is 0.0944. The van der Waals surface area contributed by atoms with Crippen LogP contribution in [0.1, 0.15) is 96.8 Å². The summed E-state index contributed by atoms with van der Waals surface area (Å²) in [5.41, 5.74) is 0. The summed E-state index contributed by atoms with van der Waals surface area (Å²) in [6.07, 6.45) is 17.9. The molecule has 19 heavy (non-hydrogen) atoms. The van der Waals surface area contributed by atoms with Crippen LogP contribution in [0.4, 0.5) is 0 Å². The van der Waals surface area contributed by atoms with Gasteiger partial charge < -0.3 is 0 Å². The monoisotopic (exact) mass is 336 g/mol. The van der Waals surface area contributed by atoms with Gasteiger partial charge in [-0.1, -0.05) is 32.6 Å². The molecular weight excluding hydrogens is 303 g/mol. The van der Waals surface area contributed by atoms with Crippen molar-refractivity contribution in [2.45, 2.75) is 96.8 Å². The van der Waals surface area contributed by atoms with Crippen molar-refractivity contribution < 1.29 is 8.61 Å². The molecule has 0 aliphatic carbocycles. The summed E-state index contributed by atoms with van der Waals surface area (Å²) in [5.74, 6) is -0.0944. The van der Waals surface area contributed by atoms with Crippen molar-refractivity contribution in [1.82, 2.24) is 0 Å². The van der Waals surface area contributed by atoms with E-state index in [9.17, 15) is 4.79 Å². The molecule has 0 saturated carbocycles. The molecule has 0 radical (unpaired) electrons. The Morgan fingerprint density at radius 2 is 1.11 bits per heavy atom. The number of rotatable bonds is 14. The van der Waals surface area contributed by atoms with Crippen molar-refractivity contribution in [2.24, 2.45) is 0 Å². The molecule has 0 bridgehead atoms. The van der Waals surface area contributed by atoms with Gasteiger partial charge in [0.05, 0.1) is 0 Å². The topological polar surface area (TPSA) is 26.3 Å². The maximum absolute atomic E-state index is 10.9. The van der Waals surface area contributed by atoms with E-state index in [1.54, 1.807) is 0 Å². The number of unbranched alkanes of at least 4 members (excludes halogenated alkanes) is 12. The standard InChI is InChI=1S/C16H32O2Se/c1-2-3-4-5-6-7-8-9-10-11-12-13-14-15-16(17)18-19/h19H,2-15H2,1H3. The molecular formula is C16H32O2Se. The Labute approximate surface area is 128 Å². The summed E-state index contributed by atoms with van der Waals surface area (Å²) in [7, 11) is 0. The van der Waals surface area contributed by atoms with E-state index in [4.69, 9.17) is 0 Å². The van der Waals surface area contributed by atoms with Crippen molar-refractivity contribution in [1.29, 1.82) is 0 Å². The van der Waals surface area contributed by atoms with Crippen LogP contribution < -0.4 is 0 Å². The van der Waals surface area contributed by atoms with Gasteiger partial charge in [-0.05, 0) is 0 Å². The Kier molecular flexibility index (Phi) is 16.0. The second-order valence-corrected chi connectivity index (χ2v) is 5.84. The van der Waals surface area contributed by atoms with Gasteiger partial charge in [0.15, 0.2) is 0 Å². The molecule has 0 aliphatic heterocycles. The quantitative estimate of drug-likeness (QED) is 0.336. The van der Waals surface area contributed by atoms with Crippen LogP contribution in [0.5, 0.6) is 0 Å². The molecule has 0 aromatic rings. The van der Waals surface area contributed by atoms with Crippen molar-refractivity contribution in [3.63, 3.8) is 0 Å². The third-order valence-corrected chi connectivity index (χ3v) is 4.01. The molecule has 2 nitrogen and oxygen atoms in total. The van der Waals surface area contributed by atoms with E-state index in [2.05, 4.69) is 10.7 Å². The molecule has 0 aromatic heterocycles. The number of hydrogen-bond donors (Lipinski definition) is 0. The third kappa shape index (κ3) is 15.9. The summed E-state index contributed by atoms with van der Waals surface area (Å²) >= 11 is 1.88. The van der Waals surface area contributed by atoms with Gasteiger partial charge in [-0.3, -0.25) is 0 Å². The van der Waals surface area contributed by atoms with Gasteiger partial charge in [0, 0.05) is 0 Å². The zero-order valence-electron chi connectivity index (χ0n) is 12.7. The average molecular weight is 335 g/mol. The molecule has 0 fully saturated rings. The Hall–Kier alpha value is -0.0105. The second kappa shape index (κ2) is 16.0. The van der Waals surface area contributed by atoms with Crippen LogP contribution in [0, 0.1) is 0 Å². The van der Waals surface area contributed by atoms with Gasteiger partial charge in [-0.15, -0.1) is 0 Å². The predicted octanol–water partition coefficient (Wildman–Crippen LogP) is 4.83. The summed E-state index contributed by atoms with van der Waals surface area (Å²) in [5, 5.41) is 0. The molecule has 0 unspecified atom stereocenters. The van der Waals surface area contributed by atoms with E-state index in [1.807, 2.05) is 16.3 Å². The van der Waals surface area contributed by atoms with Gasteiger partial charge in [0.1, 0.15) is 0 Å². The zero-order chi connectivity index (χ0) is 14.2. The minimum atomic E-state index is -0.0944. The van der Waals surface area contributed by atoms with E-state index in [1.165, 1.54) is 77.0 Å². The van der Waals surface area contributed by atoms with Crippen molar-refractivity contribution >= 4 is 22.3 Å². The molecule has 3 heteroatoms. The fraction of sp³-hybridized carbons (Fsp3) is 0.938. The fourth-order valence-electron chi connectivity index (χ4n) is 2.33. The zero-order valence-corrected chi connectivity index (χ0v) is 14.5.